The third-order valence-electron chi connectivity index (χ3n) is 6.44. The normalized spacial score (nSPS) is 16.2. The molecule has 1 aliphatic carbocycles. The molecule has 214 valence electrons. The highest BCUT2D eigenvalue weighted by Gasteiger charge is 2.35. The highest BCUT2D eigenvalue weighted by Crippen LogP contribution is 2.29. The van der Waals surface area contributed by atoms with E-state index in [9.17, 15) is 13.2 Å². The Balaban J connectivity index is 0.000000331. The highest BCUT2D eigenvalue weighted by molar-refractivity contribution is 7.93. The van der Waals surface area contributed by atoms with Gasteiger partial charge in [0.05, 0.1) is 34.8 Å². The predicted octanol–water partition coefficient (Wildman–Crippen LogP) is 3.94. The van der Waals surface area contributed by atoms with Gasteiger partial charge in [-0.25, -0.2) is 18.4 Å². The van der Waals surface area contributed by atoms with E-state index in [2.05, 4.69) is 41.9 Å². The second-order valence-corrected chi connectivity index (χ2v) is 12.6. The Morgan fingerprint density at radius 2 is 1.87 bits per heavy atom. The lowest BCUT2D eigenvalue weighted by Crippen LogP contribution is -2.32. The second-order valence-electron chi connectivity index (χ2n) is 9.58. The van der Waals surface area contributed by atoms with Crippen LogP contribution in [0.4, 0.5) is 5.69 Å². The number of carbonyl (C=O) groups excluding carboxylic acids is 1. The summed E-state index contributed by atoms with van der Waals surface area (Å²) in [7, 11) is -0.959. The SMILES string of the molecule is CCOc1cncc(-c2cnc(C(=O)NCCC3CCN(C)CC3)s2)n1.O=S(=O)(Nc1ccncc1)C1CC1.[HH].[HH]. The fourth-order valence-electron chi connectivity index (χ4n) is 4.04. The number of piperidine rings is 1. The maximum absolute atomic E-state index is 12.3. The van der Waals surface area contributed by atoms with Crippen molar-refractivity contribution in [3.05, 3.63) is 48.1 Å². The first-order chi connectivity index (χ1) is 18.8. The summed E-state index contributed by atoms with van der Waals surface area (Å²) in [6.07, 6.45) is 13.0. The van der Waals surface area contributed by atoms with Crippen molar-refractivity contribution < 1.29 is 20.8 Å². The van der Waals surface area contributed by atoms with Gasteiger partial charge in [-0.3, -0.25) is 19.5 Å². The van der Waals surface area contributed by atoms with E-state index in [4.69, 9.17) is 4.74 Å². The van der Waals surface area contributed by atoms with Gasteiger partial charge in [0.1, 0.15) is 5.69 Å². The summed E-state index contributed by atoms with van der Waals surface area (Å²) < 4.78 is 30.7. The second kappa shape index (κ2) is 13.8. The van der Waals surface area contributed by atoms with Gasteiger partial charge < -0.3 is 15.0 Å². The zero-order chi connectivity index (χ0) is 27.7. The van der Waals surface area contributed by atoms with Crippen LogP contribution in [0.1, 0.15) is 51.7 Å². The molecule has 39 heavy (non-hydrogen) atoms. The molecule has 1 amide bonds. The van der Waals surface area contributed by atoms with Crippen molar-refractivity contribution in [2.75, 3.05) is 38.0 Å². The first-order valence-electron chi connectivity index (χ1n) is 13.1. The van der Waals surface area contributed by atoms with Crippen LogP contribution in [0, 0.1) is 5.92 Å². The molecule has 0 unspecified atom stereocenters. The van der Waals surface area contributed by atoms with Crippen molar-refractivity contribution in [2.24, 2.45) is 5.92 Å². The van der Waals surface area contributed by atoms with Crippen LogP contribution in [0.2, 0.25) is 0 Å². The van der Waals surface area contributed by atoms with Crippen molar-refractivity contribution >= 4 is 33.0 Å². The Labute approximate surface area is 236 Å². The third kappa shape index (κ3) is 8.94. The summed E-state index contributed by atoms with van der Waals surface area (Å²) in [6, 6.07) is 3.28. The molecule has 0 bridgehead atoms. The van der Waals surface area contributed by atoms with Crippen LogP contribution < -0.4 is 14.8 Å². The number of likely N-dealkylation sites (tertiary alicyclic amines) is 1. The van der Waals surface area contributed by atoms with Crippen LogP contribution in [0.3, 0.4) is 0 Å². The standard InChI is InChI=1S/C18H25N5O2S.C8H10N2O2S.2H2/c1-3-25-16-12-19-10-14(22-16)15-11-21-18(26-15)17(24)20-7-4-13-5-8-23(2)9-6-13;11-13(12,8-1-2-8)10-7-3-5-9-6-4-7;;/h10-13H,3-9H2,1-2H3,(H,20,24);3-6,8H,1-2H2,(H,9,10);2*1H. The molecular formula is C26H39N7O4S2. The molecule has 1 saturated carbocycles. The number of aromatic nitrogens is 4. The van der Waals surface area contributed by atoms with Crippen LogP contribution in [0.25, 0.3) is 10.6 Å². The molecule has 4 heterocycles. The molecule has 5 rings (SSSR count). The van der Waals surface area contributed by atoms with Gasteiger partial charge in [0, 0.05) is 28.0 Å². The number of thiazole rings is 1. The maximum atomic E-state index is 12.3. The number of carbonyl (C=O) groups is 1. The quantitative estimate of drug-likeness (QED) is 0.367. The number of rotatable bonds is 10. The van der Waals surface area contributed by atoms with E-state index in [0.29, 0.717) is 41.3 Å². The number of amides is 1. The summed E-state index contributed by atoms with van der Waals surface area (Å²) in [5.41, 5.74) is 1.25. The van der Waals surface area contributed by atoms with E-state index in [1.165, 1.54) is 24.2 Å². The Bertz CT molecular complexity index is 1320. The lowest BCUT2D eigenvalue weighted by molar-refractivity contribution is 0.0948. The Morgan fingerprint density at radius 1 is 1.13 bits per heavy atom. The van der Waals surface area contributed by atoms with Crippen LogP contribution in [-0.2, 0) is 10.0 Å². The number of pyridine rings is 1. The molecule has 2 fully saturated rings. The first-order valence-corrected chi connectivity index (χ1v) is 15.5. The third-order valence-corrected chi connectivity index (χ3v) is 9.32. The molecule has 13 heteroatoms. The van der Waals surface area contributed by atoms with Gasteiger partial charge in [0.2, 0.25) is 15.9 Å². The number of nitrogens with one attached hydrogen (secondary N) is 2. The molecule has 2 N–H and O–H groups in total. The Kier molecular flexibility index (Phi) is 10.2. The number of sulfonamides is 1. The molecule has 0 atom stereocenters. The summed E-state index contributed by atoms with van der Waals surface area (Å²) in [4.78, 5) is 32.0. The molecular weight excluding hydrogens is 538 g/mol. The Morgan fingerprint density at radius 3 is 2.56 bits per heavy atom. The summed E-state index contributed by atoms with van der Waals surface area (Å²) in [5.74, 6) is 1.06. The molecule has 11 nitrogen and oxygen atoms in total. The smallest absolute Gasteiger partial charge is 0.280 e. The molecule has 2 aliphatic rings. The number of hydrogen-bond donors (Lipinski definition) is 2. The Hall–Kier alpha value is -3.16. The van der Waals surface area contributed by atoms with Crippen molar-refractivity contribution in [2.45, 2.75) is 44.3 Å². The molecule has 0 radical (unpaired) electrons. The monoisotopic (exact) mass is 577 g/mol. The van der Waals surface area contributed by atoms with E-state index >= 15 is 0 Å². The number of ether oxygens (including phenoxy) is 1. The van der Waals surface area contributed by atoms with Crippen LogP contribution >= 0.6 is 11.3 Å². The fraction of sp³-hybridized carbons (Fsp3) is 0.500. The minimum atomic E-state index is -3.12. The zero-order valence-corrected chi connectivity index (χ0v) is 23.9. The fourth-order valence-corrected chi connectivity index (χ4v) is 6.22. The molecule has 3 aromatic heterocycles. The lowest BCUT2D eigenvalue weighted by Gasteiger charge is -2.28. The minimum Gasteiger partial charge on any atom is -0.477 e. The first kappa shape index (κ1) is 28.8. The minimum absolute atomic E-state index is 0. The summed E-state index contributed by atoms with van der Waals surface area (Å²) in [6.45, 7) is 5.43. The van der Waals surface area contributed by atoms with E-state index in [1.54, 1.807) is 43.1 Å². The van der Waals surface area contributed by atoms with Crippen molar-refractivity contribution in [3.8, 4) is 16.5 Å². The topological polar surface area (TPSA) is 139 Å². The van der Waals surface area contributed by atoms with Gasteiger partial charge in [0.25, 0.3) is 5.91 Å². The maximum Gasteiger partial charge on any atom is 0.280 e. The van der Waals surface area contributed by atoms with Gasteiger partial charge in [-0.05, 0) is 77.2 Å². The van der Waals surface area contributed by atoms with Crippen molar-refractivity contribution in [1.82, 2.24) is 30.2 Å². The molecule has 0 aromatic carbocycles. The van der Waals surface area contributed by atoms with Gasteiger partial charge in [-0.2, -0.15) is 0 Å². The van der Waals surface area contributed by atoms with Crippen LogP contribution in [0.5, 0.6) is 5.88 Å². The molecule has 1 aliphatic heterocycles. The lowest BCUT2D eigenvalue weighted by atomic mass is 9.94. The number of nitrogens with zero attached hydrogens (tertiary/aromatic N) is 5. The molecule has 0 spiro atoms. The predicted molar refractivity (Wildman–Crippen MR) is 156 cm³/mol. The van der Waals surface area contributed by atoms with E-state index in [0.717, 1.165) is 37.2 Å². The summed E-state index contributed by atoms with van der Waals surface area (Å²) >= 11 is 1.32. The highest BCUT2D eigenvalue weighted by atomic mass is 32.2. The number of hydrogen-bond acceptors (Lipinski definition) is 10. The average Bonchev–Trinajstić information content (AvgIpc) is 3.69. The van der Waals surface area contributed by atoms with Crippen LogP contribution in [-0.4, -0.2) is 77.7 Å². The number of anilines is 1. The average molecular weight is 578 g/mol. The van der Waals surface area contributed by atoms with E-state index in [-0.39, 0.29) is 14.0 Å². The zero-order valence-electron chi connectivity index (χ0n) is 22.2. The molecule has 1 saturated heterocycles. The van der Waals surface area contributed by atoms with E-state index in [1.807, 2.05) is 6.92 Å². The van der Waals surface area contributed by atoms with Crippen molar-refractivity contribution in [3.63, 3.8) is 0 Å². The van der Waals surface area contributed by atoms with Gasteiger partial charge >= 0.3 is 0 Å². The van der Waals surface area contributed by atoms with Gasteiger partial charge in [-0.1, -0.05) is 0 Å². The van der Waals surface area contributed by atoms with Gasteiger partial charge in [0.15, 0.2) is 5.01 Å². The van der Waals surface area contributed by atoms with Gasteiger partial charge in [-0.15, -0.1) is 11.3 Å². The van der Waals surface area contributed by atoms with Crippen LogP contribution in [0.15, 0.2) is 43.1 Å². The summed E-state index contributed by atoms with van der Waals surface area (Å²) in [5, 5.41) is 3.26. The van der Waals surface area contributed by atoms with Crippen molar-refractivity contribution in [1.29, 1.82) is 0 Å². The molecule has 3 aromatic rings. The van der Waals surface area contributed by atoms with E-state index < -0.39 is 10.0 Å². The largest absolute Gasteiger partial charge is 0.477 e.